The van der Waals surface area contributed by atoms with E-state index < -0.39 is 24.2 Å². The van der Waals surface area contributed by atoms with Crippen LogP contribution in [-0.4, -0.2) is 40.0 Å². The quantitative estimate of drug-likeness (QED) is 0.910. The van der Waals surface area contributed by atoms with Gasteiger partial charge < -0.3 is 5.11 Å². The van der Waals surface area contributed by atoms with E-state index in [1.165, 1.54) is 23.4 Å². The lowest BCUT2D eigenvalue weighted by Crippen LogP contribution is -2.30. The smallest absolute Gasteiger partial charge is 0.303 e. The van der Waals surface area contributed by atoms with Gasteiger partial charge in [-0.05, 0) is 38.6 Å². The van der Waals surface area contributed by atoms with Crippen molar-refractivity contribution in [1.29, 1.82) is 0 Å². The number of carbonyl (C=O) groups is 1. The Morgan fingerprint density at radius 1 is 1.35 bits per heavy atom. The van der Waals surface area contributed by atoms with Crippen LogP contribution in [-0.2, 0) is 24.2 Å². The molecule has 1 aliphatic carbocycles. The summed E-state index contributed by atoms with van der Waals surface area (Å²) in [6, 6.07) is 0. The van der Waals surface area contributed by atoms with Gasteiger partial charge in [0.1, 0.15) is 5.01 Å². The van der Waals surface area contributed by atoms with Crippen LogP contribution in [0.1, 0.15) is 47.7 Å². The molecule has 0 bridgehead atoms. The van der Waals surface area contributed by atoms with E-state index in [0.717, 1.165) is 17.8 Å². The van der Waals surface area contributed by atoms with Gasteiger partial charge in [-0.1, -0.05) is 0 Å². The molecular weight excluding hydrogens is 322 g/mol. The first-order valence-corrected chi connectivity index (χ1v) is 9.05. The Balaban J connectivity index is 1.63. The Labute approximate surface area is 138 Å². The van der Waals surface area contributed by atoms with Crippen LogP contribution in [0.25, 0.3) is 0 Å². The number of hydrogen-bond acceptors (Lipinski definition) is 4. The first-order chi connectivity index (χ1) is 10.9. The van der Waals surface area contributed by atoms with E-state index in [2.05, 4.69) is 4.98 Å². The lowest BCUT2D eigenvalue weighted by Gasteiger charge is -2.22. The van der Waals surface area contributed by atoms with Gasteiger partial charge in [0.15, 0.2) is 0 Å². The number of aryl methyl sites for hydroxylation is 2. The van der Waals surface area contributed by atoms with Crippen LogP contribution in [0.3, 0.4) is 0 Å². The van der Waals surface area contributed by atoms with Crippen molar-refractivity contribution < 1.29 is 18.7 Å². The average molecular weight is 344 g/mol. The summed E-state index contributed by atoms with van der Waals surface area (Å²) in [5.41, 5.74) is 1.19. The van der Waals surface area contributed by atoms with E-state index >= 15 is 0 Å². The highest BCUT2D eigenvalue weighted by molar-refractivity contribution is 7.11. The molecule has 2 heterocycles. The lowest BCUT2D eigenvalue weighted by atomic mass is 9.93. The van der Waals surface area contributed by atoms with Crippen molar-refractivity contribution in [1.82, 2.24) is 9.88 Å². The molecular formula is C16H22F2N2O2S. The van der Waals surface area contributed by atoms with E-state index in [-0.39, 0.29) is 12.8 Å². The molecule has 0 aromatic carbocycles. The fraction of sp³-hybridized carbons (Fsp3) is 0.750. The molecule has 1 saturated heterocycles. The summed E-state index contributed by atoms with van der Waals surface area (Å²) in [7, 11) is 0. The van der Waals surface area contributed by atoms with Crippen molar-refractivity contribution in [2.45, 2.75) is 57.4 Å². The Morgan fingerprint density at radius 3 is 2.87 bits per heavy atom. The fourth-order valence-electron chi connectivity index (χ4n) is 3.46. The summed E-state index contributed by atoms with van der Waals surface area (Å²) in [5.74, 6) is -5.10. The van der Waals surface area contributed by atoms with Crippen LogP contribution in [0.4, 0.5) is 8.78 Å². The Kier molecular flexibility index (Phi) is 4.96. The molecule has 3 rings (SSSR count). The first kappa shape index (κ1) is 16.8. The maximum Gasteiger partial charge on any atom is 0.303 e. The minimum absolute atomic E-state index is 0.227. The summed E-state index contributed by atoms with van der Waals surface area (Å²) in [5, 5.41) is 9.84. The minimum atomic E-state index is -2.89. The van der Waals surface area contributed by atoms with Gasteiger partial charge >= 0.3 is 5.97 Å². The van der Waals surface area contributed by atoms with Gasteiger partial charge in [0.05, 0.1) is 18.7 Å². The van der Waals surface area contributed by atoms with Crippen molar-refractivity contribution in [3.05, 3.63) is 15.6 Å². The zero-order valence-electron chi connectivity index (χ0n) is 13.1. The van der Waals surface area contributed by atoms with Crippen molar-refractivity contribution >= 4 is 17.3 Å². The predicted octanol–water partition coefficient (Wildman–Crippen LogP) is 3.34. The number of halogens is 2. The van der Waals surface area contributed by atoms with Crippen molar-refractivity contribution in [3.63, 3.8) is 0 Å². The predicted molar refractivity (Wildman–Crippen MR) is 84.0 cm³/mol. The van der Waals surface area contributed by atoms with Gasteiger partial charge in [0, 0.05) is 23.8 Å². The third-order valence-corrected chi connectivity index (χ3v) is 5.96. The minimum Gasteiger partial charge on any atom is -0.481 e. The second-order valence-corrected chi connectivity index (χ2v) is 7.72. The second kappa shape index (κ2) is 6.81. The lowest BCUT2D eigenvalue weighted by molar-refractivity contribution is -0.143. The highest BCUT2D eigenvalue weighted by Gasteiger charge is 2.42. The van der Waals surface area contributed by atoms with E-state index in [4.69, 9.17) is 5.11 Å². The number of likely N-dealkylation sites (tertiary alicyclic amines) is 1. The molecule has 2 aliphatic rings. The summed E-state index contributed by atoms with van der Waals surface area (Å²) in [6.07, 6.45) is 4.02. The number of alkyl halides is 2. The largest absolute Gasteiger partial charge is 0.481 e. The maximum atomic E-state index is 14.1. The second-order valence-electron chi connectivity index (χ2n) is 6.56. The number of rotatable bonds is 4. The van der Waals surface area contributed by atoms with Gasteiger partial charge in [-0.3, -0.25) is 9.69 Å². The molecule has 0 radical (unpaired) electrons. The number of hydrogen-bond donors (Lipinski definition) is 1. The summed E-state index contributed by atoms with van der Waals surface area (Å²) in [4.78, 5) is 18.8. The number of thiazole rings is 1. The molecule has 0 amide bonds. The average Bonchev–Trinajstić information content (AvgIpc) is 2.84. The molecule has 23 heavy (non-hydrogen) atoms. The third kappa shape index (κ3) is 4.07. The third-order valence-electron chi connectivity index (χ3n) is 4.82. The van der Waals surface area contributed by atoms with Crippen LogP contribution in [0.5, 0.6) is 0 Å². The van der Waals surface area contributed by atoms with Crippen molar-refractivity contribution in [2.24, 2.45) is 5.92 Å². The number of aliphatic carboxylic acids is 1. The maximum absolute atomic E-state index is 14.1. The molecule has 1 atom stereocenters. The number of carboxylic acids is 1. The monoisotopic (exact) mass is 344 g/mol. The normalized spacial score (nSPS) is 24.9. The van der Waals surface area contributed by atoms with E-state index in [1.54, 1.807) is 11.3 Å². The molecule has 128 valence electrons. The number of nitrogens with zero attached hydrogens (tertiary/aromatic N) is 2. The zero-order chi connectivity index (χ0) is 16.4. The van der Waals surface area contributed by atoms with Gasteiger partial charge in [0.2, 0.25) is 0 Å². The van der Waals surface area contributed by atoms with Crippen molar-refractivity contribution in [2.75, 3.05) is 13.1 Å². The Hall–Kier alpha value is -1.08. The SMILES string of the molecule is O=C(O)CC1CCN(Cc2nc3c(s2)CCCC3)CCC1(F)F. The molecule has 1 aromatic rings. The van der Waals surface area contributed by atoms with Gasteiger partial charge in [-0.2, -0.15) is 0 Å². The van der Waals surface area contributed by atoms with E-state index in [9.17, 15) is 13.6 Å². The molecule has 4 nitrogen and oxygen atoms in total. The number of fused-ring (bicyclic) bond motifs is 1. The molecule has 1 fully saturated rings. The van der Waals surface area contributed by atoms with Crippen molar-refractivity contribution in [3.8, 4) is 0 Å². The molecule has 1 unspecified atom stereocenters. The zero-order valence-corrected chi connectivity index (χ0v) is 13.9. The van der Waals surface area contributed by atoms with Gasteiger partial charge in [0.25, 0.3) is 5.92 Å². The number of carboxylic acid groups (broad SMARTS) is 1. The number of aromatic nitrogens is 1. The van der Waals surface area contributed by atoms with Crippen LogP contribution >= 0.6 is 11.3 Å². The first-order valence-electron chi connectivity index (χ1n) is 8.23. The highest BCUT2D eigenvalue weighted by atomic mass is 32.1. The van der Waals surface area contributed by atoms with Crippen LogP contribution < -0.4 is 0 Å². The topological polar surface area (TPSA) is 53.4 Å². The Bertz CT molecular complexity index is 553. The van der Waals surface area contributed by atoms with Crippen LogP contribution in [0, 0.1) is 5.92 Å². The fourth-order valence-corrected chi connectivity index (χ4v) is 4.66. The van der Waals surface area contributed by atoms with Crippen LogP contribution in [0.2, 0.25) is 0 Å². The molecule has 7 heteroatoms. The molecule has 1 aromatic heterocycles. The summed E-state index contributed by atoms with van der Waals surface area (Å²) < 4.78 is 28.2. The summed E-state index contributed by atoms with van der Waals surface area (Å²) in [6.45, 7) is 1.42. The summed E-state index contributed by atoms with van der Waals surface area (Å²) >= 11 is 1.71. The van der Waals surface area contributed by atoms with Crippen LogP contribution in [0.15, 0.2) is 0 Å². The van der Waals surface area contributed by atoms with E-state index in [0.29, 0.717) is 19.6 Å². The molecule has 1 N–H and O–H groups in total. The molecule has 0 spiro atoms. The van der Waals surface area contributed by atoms with Gasteiger partial charge in [-0.25, -0.2) is 13.8 Å². The highest BCUT2D eigenvalue weighted by Crippen LogP contribution is 2.36. The Morgan fingerprint density at radius 2 is 2.13 bits per heavy atom. The standard InChI is InChI=1S/C16H22F2N2O2S/c17-16(18)6-8-20(7-5-11(16)9-15(21)22)10-14-19-12-3-1-2-4-13(12)23-14/h11H,1-10H2,(H,21,22). The molecule has 1 aliphatic heterocycles. The molecule has 0 saturated carbocycles. The van der Waals surface area contributed by atoms with E-state index in [1.807, 2.05) is 4.90 Å². The van der Waals surface area contributed by atoms with Gasteiger partial charge in [-0.15, -0.1) is 11.3 Å².